The molecule has 26 heavy (non-hydrogen) atoms. The lowest BCUT2D eigenvalue weighted by molar-refractivity contribution is 0.0822. The van der Waals surface area contributed by atoms with E-state index in [0.717, 1.165) is 36.7 Å². The number of benzene rings is 2. The lowest BCUT2D eigenvalue weighted by atomic mass is 10.1. The molecule has 0 amide bonds. The van der Waals surface area contributed by atoms with Gasteiger partial charge in [0.15, 0.2) is 0 Å². The molecule has 2 aromatic carbocycles. The van der Waals surface area contributed by atoms with Gasteiger partial charge in [-0.2, -0.15) is 0 Å². The van der Waals surface area contributed by atoms with Crippen LogP contribution in [0.1, 0.15) is 16.7 Å². The van der Waals surface area contributed by atoms with Crippen LogP contribution in [0.5, 0.6) is 11.5 Å². The summed E-state index contributed by atoms with van der Waals surface area (Å²) in [5, 5.41) is 10.1. The predicted molar refractivity (Wildman–Crippen MR) is 102 cm³/mol. The van der Waals surface area contributed by atoms with Crippen molar-refractivity contribution >= 4 is 0 Å². The van der Waals surface area contributed by atoms with E-state index in [1.807, 2.05) is 37.2 Å². The minimum atomic E-state index is -0.518. The molecule has 5 heteroatoms. The maximum atomic E-state index is 10.1. The second-order valence-corrected chi connectivity index (χ2v) is 7.11. The van der Waals surface area contributed by atoms with E-state index in [9.17, 15) is 5.11 Å². The fraction of sp³-hybridized carbons (Fsp3) is 0.429. The summed E-state index contributed by atoms with van der Waals surface area (Å²) in [6.45, 7) is 3.52. The molecule has 1 N–H and O–H groups in total. The zero-order valence-electron chi connectivity index (χ0n) is 15.8. The fourth-order valence-corrected chi connectivity index (χ4v) is 3.36. The maximum Gasteiger partial charge on any atom is 0.124 e. The van der Waals surface area contributed by atoms with Crippen LogP contribution >= 0.6 is 0 Å². The van der Waals surface area contributed by atoms with Gasteiger partial charge in [0.05, 0.1) is 7.11 Å². The summed E-state index contributed by atoms with van der Waals surface area (Å²) in [4.78, 5) is 4.34. The van der Waals surface area contributed by atoms with Gasteiger partial charge in [0.2, 0.25) is 0 Å². The molecule has 0 aliphatic carbocycles. The smallest absolute Gasteiger partial charge is 0.124 e. The number of hydrogen-bond acceptors (Lipinski definition) is 5. The minimum Gasteiger partial charge on any atom is -0.497 e. The quantitative estimate of drug-likeness (QED) is 0.787. The van der Waals surface area contributed by atoms with Crippen LogP contribution in [0, 0.1) is 0 Å². The molecule has 0 fully saturated rings. The normalized spacial score (nSPS) is 15.1. The number of likely N-dealkylation sites (N-methyl/N-ethyl adjacent to an activating group) is 1. The standard InChI is InChI=1S/C21H28N2O3/c1-22(2)14-19(24)15-26-21-9-8-20(25-3)10-18(21)13-23-11-16-6-4-5-7-17(16)12-23/h4-10,19,24H,11-15H2,1-3H3/t19-/m0/s1. The molecule has 0 bridgehead atoms. The second kappa shape index (κ2) is 8.54. The molecule has 2 aromatic rings. The van der Waals surface area contributed by atoms with E-state index in [1.165, 1.54) is 11.1 Å². The first-order chi connectivity index (χ1) is 12.5. The zero-order valence-corrected chi connectivity index (χ0v) is 15.8. The van der Waals surface area contributed by atoms with Gasteiger partial charge in [-0.25, -0.2) is 0 Å². The Morgan fingerprint density at radius 1 is 1.12 bits per heavy atom. The van der Waals surface area contributed by atoms with Crippen LogP contribution < -0.4 is 9.47 Å². The highest BCUT2D eigenvalue weighted by molar-refractivity contribution is 5.41. The third kappa shape index (κ3) is 4.75. The summed E-state index contributed by atoms with van der Waals surface area (Å²) in [5.41, 5.74) is 3.85. The molecule has 0 saturated carbocycles. The maximum absolute atomic E-state index is 10.1. The summed E-state index contributed by atoms with van der Waals surface area (Å²) >= 11 is 0. The number of fused-ring (bicyclic) bond motifs is 1. The Hall–Kier alpha value is -2.08. The van der Waals surface area contributed by atoms with E-state index in [-0.39, 0.29) is 6.61 Å². The molecule has 0 aromatic heterocycles. The molecular formula is C21H28N2O3. The molecule has 0 radical (unpaired) electrons. The molecule has 1 heterocycles. The van der Waals surface area contributed by atoms with Gasteiger partial charge in [0.25, 0.3) is 0 Å². The van der Waals surface area contributed by atoms with Gasteiger partial charge in [-0.3, -0.25) is 4.90 Å². The van der Waals surface area contributed by atoms with Gasteiger partial charge in [0, 0.05) is 31.7 Å². The van der Waals surface area contributed by atoms with Crippen molar-refractivity contribution in [2.75, 3.05) is 34.4 Å². The molecule has 0 saturated heterocycles. The van der Waals surface area contributed by atoms with E-state index in [0.29, 0.717) is 6.54 Å². The SMILES string of the molecule is COc1ccc(OC[C@@H](O)CN(C)C)c(CN2Cc3ccccc3C2)c1. The molecule has 1 aliphatic heterocycles. The van der Waals surface area contributed by atoms with Crippen molar-refractivity contribution in [3.05, 3.63) is 59.2 Å². The molecule has 3 rings (SSSR count). The number of ether oxygens (including phenoxy) is 2. The number of rotatable bonds is 8. The largest absolute Gasteiger partial charge is 0.497 e. The van der Waals surface area contributed by atoms with Crippen LogP contribution in [0.3, 0.4) is 0 Å². The van der Waals surface area contributed by atoms with Crippen LogP contribution in [0.4, 0.5) is 0 Å². The van der Waals surface area contributed by atoms with Crippen molar-refractivity contribution in [1.29, 1.82) is 0 Å². The van der Waals surface area contributed by atoms with Gasteiger partial charge in [-0.1, -0.05) is 24.3 Å². The van der Waals surface area contributed by atoms with Crippen molar-refractivity contribution in [3.63, 3.8) is 0 Å². The first kappa shape index (κ1) is 18.7. The Morgan fingerprint density at radius 3 is 2.42 bits per heavy atom. The Morgan fingerprint density at radius 2 is 1.81 bits per heavy atom. The van der Waals surface area contributed by atoms with Crippen molar-refractivity contribution in [2.24, 2.45) is 0 Å². The molecule has 140 valence electrons. The number of aliphatic hydroxyl groups excluding tert-OH is 1. The summed E-state index contributed by atoms with van der Waals surface area (Å²) in [6.07, 6.45) is -0.518. The number of methoxy groups -OCH3 is 1. The Labute approximate surface area is 155 Å². The number of nitrogens with zero attached hydrogens (tertiary/aromatic N) is 2. The monoisotopic (exact) mass is 356 g/mol. The van der Waals surface area contributed by atoms with E-state index in [4.69, 9.17) is 9.47 Å². The highest BCUT2D eigenvalue weighted by atomic mass is 16.5. The molecule has 5 nitrogen and oxygen atoms in total. The Kier molecular flexibility index (Phi) is 6.14. The number of aliphatic hydroxyl groups is 1. The predicted octanol–water partition coefficient (Wildman–Crippen LogP) is 2.51. The van der Waals surface area contributed by atoms with E-state index in [1.54, 1.807) is 7.11 Å². The van der Waals surface area contributed by atoms with E-state index in [2.05, 4.69) is 29.2 Å². The average Bonchev–Trinajstić information content (AvgIpc) is 3.02. The second-order valence-electron chi connectivity index (χ2n) is 7.11. The molecule has 1 aliphatic rings. The minimum absolute atomic E-state index is 0.276. The first-order valence-electron chi connectivity index (χ1n) is 8.97. The molecule has 1 atom stereocenters. The first-order valence-corrected chi connectivity index (χ1v) is 8.97. The lowest BCUT2D eigenvalue weighted by Gasteiger charge is -2.21. The van der Waals surface area contributed by atoms with Crippen LogP contribution in [0.2, 0.25) is 0 Å². The summed E-state index contributed by atoms with van der Waals surface area (Å²) < 4.78 is 11.3. The van der Waals surface area contributed by atoms with Crippen LogP contribution in [-0.4, -0.2) is 55.4 Å². The van der Waals surface area contributed by atoms with Gasteiger partial charge in [-0.15, -0.1) is 0 Å². The summed E-state index contributed by atoms with van der Waals surface area (Å²) in [7, 11) is 5.55. The van der Waals surface area contributed by atoms with E-state index >= 15 is 0 Å². The molecule has 0 spiro atoms. The fourth-order valence-electron chi connectivity index (χ4n) is 3.36. The van der Waals surface area contributed by atoms with Crippen molar-refractivity contribution in [3.8, 4) is 11.5 Å². The highest BCUT2D eigenvalue weighted by Gasteiger charge is 2.20. The van der Waals surface area contributed by atoms with Crippen molar-refractivity contribution in [2.45, 2.75) is 25.7 Å². The summed E-state index contributed by atoms with van der Waals surface area (Å²) in [5.74, 6) is 1.62. The third-order valence-electron chi connectivity index (χ3n) is 4.58. The number of hydrogen-bond donors (Lipinski definition) is 1. The van der Waals surface area contributed by atoms with Crippen LogP contribution in [-0.2, 0) is 19.6 Å². The van der Waals surface area contributed by atoms with E-state index < -0.39 is 6.10 Å². The van der Waals surface area contributed by atoms with Crippen LogP contribution in [0.15, 0.2) is 42.5 Å². The topological polar surface area (TPSA) is 45.2 Å². The van der Waals surface area contributed by atoms with Gasteiger partial charge >= 0.3 is 0 Å². The average molecular weight is 356 g/mol. The molecular weight excluding hydrogens is 328 g/mol. The van der Waals surface area contributed by atoms with Crippen LogP contribution in [0.25, 0.3) is 0 Å². The Bertz CT molecular complexity index is 708. The Balaban J connectivity index is 1.69. The zero-order chi connectivity index (χ0) is 18.5. The highest BCUT2D eigenvalue weighted by Crippen LogP contribution is 2.29. The summed E-state index contributed by atoms with van der Waals surface area (Å²) in [6, 6.07) is 14.4. The lowest BCUT2D eigenvalue weighted by Crippen LogP contribution is -2.30. The van der Waals surface area contributed by atoms with Gasteiger partial charge < -0.3 is 19.5 Å². The van der Waals surface area contributed by atoms with Crippen molar-refractivity contribution in [1.82, 2.24) is 9.80 Å². The molecule has 0 unspecified atom stereocenters. The van der Waals surface area contributed by atoms with Gasteiger partial charge in [0.1, 0.15) is 24.2 Å². The third-order valence-corrected chi connectivity index (χ3v) is 4.58. The van der Waals surface area contributed by atoms with Gasteiger partial charge in [-0.05, 0) is 43.4 Å². The van der Waals surface area contributed by atoms with Crippen molar-refractivity contribution < 1.29 is 14.6 Å².